The molecule has 1 N–H and O–H groups in total. The van der Waals surface area contributed by atoms with Crippen molar-refractivity contribution >= 4 is 6.41 Å². The summed E-state index contributed by atoms with van der Waals surface area (Å²) in [6, 6.07) is 8.34. The van der Waals surface area contributed by atoms with Gasteiger partial charge in [-0.3, -0.25) is 4.79 Å². The van der Waals surface area contributed by atoms with E-state index in [4.69, 9.17) is 4.74 Å². The summed E-state index contributed by atoms with van der Waals surface area (Å²) in [4.78, 5) is 10.4. The number of hydrogen-bond acceptors (Lipinski definition) is 2. The van der Waals surface area contributed by atoms with Crippen LogP contribution in [0.3, 0.4) is 0 Å². The summed E-state index contributed by atoms with van der Waals surface area (Å²) in [7, 11) is 1.63. The zero-order chi connectivity index (χ0) is 11.1. The molecule has 1 aromatic carbocycles. The highest BCUT2D eigenvalue weighted by Gasteiger charge is 2.07. The normalized spacial score (nSPS) is 12.1. The van der Waals surface area contributed by atoms with Gasteiger partial charge in [-0.05, 0) is 18.9 Å². The van der Waals surface area contributed by atoms with E-state index in [-0.39, 0.29) is 6.04 Å². The number of carbonyl (C=O) groups is 1. The second-order valence-electron chi connectivity index (χ2n) is 3.63. The summed E-state index contributed by atoms with van der Waals surface area (Å²) >= 11 is 0. The lowest BCUT2D eigenvalue weighted by molar-refractivity contribution is -0.110. The van der Waals surface area contributed by atoms with E-state index in [0.717, 1.165) is 12.8 Å². The molecule has 1 amide bonds. The van der Waals surface area contributed by atoms with E-state index >= 15 is 0 Å². The van der Waals surface area contributed by atoms with Crippen LogP contribution >= 0.6 is 0 Å². The highest BCUT2D eigenvalue weighted by atomic mass is 16.5. The number of aryl methyl sites for hydroxylation is 1. The lowest BCUT2D eigenvalue weighted by atomic mass is 10.1. The SMILES string of the molecule is COC[C@H](Cc1ccc(C)cc1)NC=O. The number of hydrogen-bond donors (Lipinski definition) is 1. The van der Waals surface area contributed by atoms with E-state index in [1.165, 1.54) is 11.1 Å². The Morgan fingerprint density at radius 2 is 2.07 bits per heavy atom. The first-order chi connectivity index (χ1) is 7.26. The van der Waals surface area contributed by atoms with E-state index in [2.05, 4.69) is 36.5 Å². The Balaban J connectivity index is 2.56. The highest BCUT2D eigenvalue weighted by Crippen LogP contribution is 2.06. The van der Waals surface area contributed by atoms with Gasteiger partial charge in [-0.25, -0.2) is 0 Å². The van der Waals surface area contributed by atoms with Crippen LogP contribution in [-0.4, -0.2) is 26.2 Å². The van der Waals surface area contributed by atoms with Crippen LogP contribution in [0, 0.1) is 6.92 Å². The van der Waals surface area contributed by atoms with Gasteiger partial charge >= 0.3 is 0 Å². The number of nitrogens with one attached hydrogen (secondary N) is 1. The topological polar surface area (TPSA) is 38.3 Å². The van der Waals surface area contributed by atoms with Crippen LogP contribution in [0.25, 0.3) is 0 Å². The summed E-state index contributed by atoms with van der Waals surface area (Å²) in [6.45, 7) is 2.59. The number of rotatable bonds is 6. The first-order valence-corrected chi connectivity index (χ1v) is 5.00. The Morgan fingerprint density at radius 1 is 1.40 bits per heavy atom. The summed E-state index contributed by atoms with van der Waals surface area (Å²) in [5.74, 6) is 0. The molecule has 1 rings (SSSR count). The van der Waals surface area contributed by atoms with Gasteiger partial charge in [0, 0.05) is 7.11 Å². The summed E-state index contributed by atoms with van der Waals surface area (Å²) in [6.07, 6.45) is 1.52. The summed E-state index contributed by atoms with van der Waals surface area (Å²) in [5, 5.41) is 2.74. The fourth-order valence-corrected chi connectivity index (χ4v) is 1.47. The van der Waals surface area contributed by atoms with Crippen molar-refractivity contribution in [2.24, 2.45) is 0 Å². The van der Waals surface area contributed by atoms with Crippen molar-refractivity contribution in [3.05, 3.63) is 35.4 Å². The summed E-state index contributed by atoms with van der Waals surface area (Å²) in [5.41, 5.74) is 2.45. The fraction of sp³-hybridized carbons (Fsp3) is 0.417. The molecule has 0 aromatic heterocycles. The number of carbonyl (C=O) groups excluding carboxylic acids is 1. The molecule has 0 aliphatic carbocycles. The molecular formula is C12H17NO2. The summed E-state index contributed by atoms with van der Waals surface area (Å²) < 4.78 is 5.03. The number of benzene rings is 1. The molecule has 0 bridgehead atoms. The van der Waals surface area contributed by atoms with E-state index in [1.807, 2.05) is 0 Å². The van der Waals surface area contributed by atoms with Crippen molar-refractivity contribution in [1.82, 2.24) is 5.32 Å². The zero-order valence-corrected chi connectivity index (χ0v) is 9.19. The second-order valence-corrected chi connectivity index (χ2v) is 3.63. The van der Waals surface area contributed by atoms with Crippen LogP contribution in [-0.2, 0) is 16.0 Å². The number of methoxy groups -OCH3 is 1. The van der Waals surface area contributed by atoms with Crippen LogP contribution in [0.5, 0.6) is 0 Å². The van der Waals surface area contributed by atoms with Gasteiger partial charge < -0.3 is 10.1 Å². The van der Waals surface area contributed by atoms with Gasteiger partial charge in [-0.15, -0.1) is 0 Å². The maximum atomic E-state index is 10.4. The van der Waals surface area contributed by atoms with Gasteiger partial charge in [0.2, 0.25) is 6.41 Å². The van der Waals surface area contributed by atoms with E-state index in [1.54, 1.807) is 7.11 Å². The molecule has 0 aliphatic heterocycles. The third-order valence-corrected chi connectivity index (χ3v) is 2.27. The number of amides is 1. The highest BCUT2D eigenvalue weighted by molar-refractivity contribution is 5.46. The first kappa shape index (κ1) is 11.7. The molecular weight excluding hydrogens is 190 g/mol. The number of ether oxygens (including phenoxy) is 1. The van der Waals surface area contributed by atoms with Gasteiger partial charge in [0.05, 0.1) is 12.6 Å². The van der Waals surface area contributed by atoms with E-state index in [9.17, 15) is 4.79 Å². The fourth-order valence-electron chi connectivity index (χ4n) is 1.47. The predicted molar refractivity (Wildman–Crippen MR) is 59.7 cm³/mol. The molecule has 0 unspecified atom stereocenters. The minimum Gasteiger partial charge on any atom is -0.383 e. The van der Waals surface area contributed by atoms with Crippen LogP contribution in [0.15, 0.2) is 24.3 Å². The second kappa shape index (κ2) is 6.19. The Bertz CT molecular complexity index is 295. The van der Waals surface area contributed by atoms with E-state index in [0.29, 0.717) is 6.61 Å². The van der Waals surface area contributed by atoms with Crippen LogP contribution < -0.4 is 5.32 Å². The van der Waals surface area contributed by atoms with Gasteiger partial charge in [0.25, 0.3) is 0 Å². The first-order valence-electron chi connectivity index (χ1n) is 5.00. The van der Waals surface area contributed by atoms with Crippen molar-refractivity contribution in [3.63, 3.8) is 0 Å². The molecule has 0 heterocycles. The molecule has 0 spiro atoms. The van der Waals surface area contributed by atoms with Crippen molar-refractivity contribution in [2.45, 2.75) is 19.4 Å². The van der Waals surface area contributed by atoms with Crippen LogP contribution in [0.2, 0.25) is 0 Å². The Morgan fingerprint density at radius 3 is 2.60 bits per heavy atom. The molecule has 0 saturated carbocycles. The van der Waals surface area contributed by atoms with Crippen molar-refractivity contribution in [1.29, 1.82) is 0 Å². The van der Waals surface area contributed by atoms with Crippen LogP contribution in [0.1, 0.15) is 11.1 Å². The molecule has 15 heavy (non-hydrogen) atoms. The average molecular weight is 207 g/mol. The van der Waals surface area contributed by atoms with Crippen molar-refractivity contribution < 1.29 is 9.53 Å². The maximum absolute atomic E-state index is 10.4. The quantitative estimate of drug-likeness (QED) is 0.714. The Hall–Kier alpha value is -1.35. The molecule has 0 aliphatic rings. The van der Waals surface area contributed by atoms with E-state index < -0.39 is 0 Å². The lowest BCUT2D eigenvalue weighted by Gasteiger charge is -2.14. The maximum Gasteiger partial charge on any atom is 0.207 e. The molecule has 0 saturated heterocycles. The average Bonchev–Trinajstić information content (AvgIpc) is 2.22. The molecule has 1 atom stereocenters. The molecule has 1 aromatic rings. The molecule has 82 valence electrons. The third kappa shape index (κ3) is 4.13. The van der Waals surface area contributed by atoms with Crippen molar-refractivity contribution in [3.8, 4) is 0 Å². The third-order valence-electron chi connectivity index (χ3n) is 2.27. The van der Waals surface area contributed by atoms with Gasteiger partial charge in [-0.1, -0.05) is 29.8 Å². The Labute approximate surface area is 90.4 Å². The molecule has 3 heteroatoms. The largest absolute Gasteiger partial charge is 0.383 e. The predicted octanol–water partition coefficient (Wildman–Crippen LogP) is 1.30. The van der Waals surface area contributed by atoms with Gasteiger partial charge in [-0.2, -0.15) is 0 Å². The molecule has 0 radical (unpaired) electrons. The van der Waals surface area contributed by atoms with Gasteiger partial charge in [0.15, 0.2) is 0 Å². The molecule has 3 nitrogen and oxygen atoms in total. The Kier molecular flexibility index (Phi) is 4.84. The zero-order valence-electron chi connectivity index (χ0n) is 9.19. The van der Waals surface area contributed by atoms with Gasteiger partial charge in [0.1, 0.15) is 0 Å². The van der Waals surface area contributed by atoms with Crippen molar-refractivity contribution in [2.75, 3.05) is 13.7 Å². The monoisotopic (exact) mass is 207 g/mol. The van der Waals surface area contributed by atoms with Crippen LogP contribution in [0.4, 0.5) is 0 Å². The minimum atomic E-state index is 0.0511. The standard InChI is InChI=1S/C12H17NO2/c1-10-3-5-11(6-4-10)7-12(8-15-2)13-9-14/h3-6,9,12H,7-8H2,1-2H3,(H,13,14)/t12-/m0/s1. The smallest absolute Gasteiger partial charge is 0.207 e. The molecule has 0 fully saturated rings. The minimum absolute atomic E-state index is 0.0511. The lowest BCUT2D eigenvalue weighted by Crippen LogP contribution is -2.34.